The van der Waals surface area contributed by atoms with Gasteiger partial charge in [0.15, 0.2) is 0 Å². The molecule has 0 amide bonds. The van der Waals surface area contributed by atoms with Gasteiger partial charge < -0.3 is 9.84 Å². The van der Waals surface area contributed by atoms with Gasteiger partial charge in [-0.15, -0.1) is 0 Å². The summed E-state index contributed by atoms with van der Waals surface area (Å²) in [4.78, 5) is 0. The van der Waals surface area contributed by atoms with E-state index >= 15 is 0 Å². The lowest BCUT2D eigenvalue weighted by molar-refractivity contribution is 0.211. The van der Waals surface area contributed by atoms with E-state index in [0.29, 0.717) is 17.4 Å². The van der Waals surface area contributed by atoms with Gasteiger partial charge in [-0.3, -0.25) is 0 Å². The van der Waals surface area contributed by atoms with Gasteiger partial charge in [0.1, 0.15) is 11.9 Å². The van der Waals surface area contributed by atoms with Gasteiger partial charge in [0, 0.05) is 20.6 Å². The van der Waals surface area contributed by atoms with Crippen LogP contribution in [-0.2, 0) is 0 Å². The van der Waals surface area contributed by atoms with Crippen molar-refractivity contribution in [2.24, 2.45) is 0 Å². The quantitative estimate of drug-likeness (QED) is 0.882. The first-order chi connectivity index (χ1) is 9.13. The van der Waals surface area contributed by atoms with Crippen LogP contribution in [0.25, 0.3) is 0 Å². The number of ether oxygens (including phenoxy) is 1. The van der Waals surface area contributed by atoms with Crippen molar-refractivity contribution in [3.05, 3.63) is 63.1 Å². The molecule has 2 aromatic rings. The molecule has 0 saturated carbocycles. The van der Waals surface area contributed by atoms with Crippen molar-refractivity contribution in [2.45, 2.75) is 13.0 Å². The van der Waals surface area contributed by atoms with Gasteiger partial charge in [0.25, 0.3) is 0 Å². The predicted octanol–water partition coefficient (Wildman–Crippen LogP) is 4.58. The third-order valence-electron chi connectivity index (χ3n) is 2.77. The number of para-hydroxylation sites is 1. The molecular weight excluding hydrogens is 328 g/mol. The number of benzene rings is 2. The topological polar surface area (TPSA) is 29.5 Å². The Morgan fingerprint density at radius 3 is 2.68 bits per heavy atom. The van der Waals surface area contributed by atoms with Crippen LogP contribution in [0.15, 0.2) is 46.9 Å². The van der Waals surface area contributed by atoms with E-state index in [2.05, 4.69) is 15.9 Å². The van der Waals surface area contributed by atoms with E-state index in [1.807, 2.05) is 37.3 Å². The number of aliphatic hydroxyl groups excluding tert-OH is 1. The summed E-state index contributed by atoms with van der Waals surface area (Å²) in [5, 5.41) is 11.1. The van der Waals surface area contributed by atoms with Crippen molar-refractivity contribution in [1.82, 2.24) is 0 Å². The number of hydrogen-bond donors (Lipinski definition) is 1. The van der Waals surface area contributed by atoms with Crippen LogP contribution in [0.1, 0.15) is 24.2 Å². The first-order valence-corrected chi connectivity index (χ1v) is 7.15. The summed E-state index contributed by atoms with van der Waals surface area (Å²) in [6, 6.07) is 12.8. The second-order valence-corrected chi connectivity index (χ2v) is 5.33. The van der Waals surface area contributed by atoms with Gasteiger partial charge in [0.05, 0.1) is 6.61 Å². The molecule has 100 valence electrons. The van der Waals surface area contributed by atoms with E-state index < -0.39 is 6.10 Å². The molecule has 0 aliphatic rings. The first kappa shape index (κ1) is 14.4. The lowest BCUT2D eigenvalue weighted by Gasteiger charge is -2.17. The highest BCUT2D eigenvalue weighted by molar-refractivity contribution is 9.10. The van der Waals surface area contributed by atoms with Gasteiger partial charge >= 0.3 is 0 Å². The summed E-state index contributed by atoms with van der Waals surface area (Å²) in [6.45, 7) is 2.47. The maximum absolute atomic E-state index is 10.5. The molecule has 19 heavy (non-hydrogen) atoms. The van der Waals surface area contributed by atoms with Crippen LogP contribution in [0.2, 0.25) is 5.02 Å². The van der Waals surface area contributed by atoms with E-state index in [4.69, 9.17) is 16.3 Å². The summed E-state index contributed by atoms with van der Waals surface area (Å²) >= 11 is 9.42. The van der Waals surface area contributed by atoms with Crippen LogP contribution in [0.5, 0.6) is 5.75 Å². The second kappa shape index (κ2) is 6.42. The van der Waals surface area contributed by atoms with Crippen molar-refractivity contribution in [3.63, 3.8) is 0 Å². The maximum Gasteiger partial charge on any atom is 0.125 e. The standard InChI is InChI=1S/C15H14BrClO2/c1-2-19-14-6-4-3-5-11(14)15(18)12-9-10(17)7-8-13(12)16/h3-9,15,18H,2H2,1H3. The van der Waals surface area contributed by atoms with E-state index in [1.54, 1.807) is 12.1 Å². The highest BCUT2D eigenvalue weighted by atomic mass is 79.9. The van der Waals surface area contributed by atoms with Crippen LogP contribution >= 0.6 is 27.5 Å². The van der Waals surface area contributed by atoms with E-state index in [0.717, 1.165) is 15.6 Å². The van der Waals surface area contributed by atoms with Crippen LogP contribution in [0.3, 0.4) is 0 Å². The predicted molar refractivity (Wildman–Crippen MR) is 80.8 cm³/mol. The van der Waals surface area contributed by atoms with E-state index in [9.17, 15) is 5.11 Å². The molecule has 0 fully saturated rings. The summed E-state index contributed by atoms with van der Waals surface area (Å²) in [6.07, 6.45) is -0.782. The normalized spacial score (nSPS) is 12.2. The SMILES string of the molecule is CCOc1ccccc1C(O)c1cc(Cl)ccc1Br. The molecule has 4 heteroatoms. The monoisotopic (exact) mass is 340 g/mol. The van der Waals surface area contributed by atoms with Crippen molar-refractivity contribution < 1.29 is 9.84 Å². The van der Waals surface area contributed by atoms with E-state index in [1.165, 1.54) is 0 Å². The Morgan fingerprint density at radius 2 is 1.95 bits per heavy atom. The van der Waals surface area contributed by atoms with Crippen molar-refractivity contribution in [3.8, 4) is 5.75 Å². The molecule has 1 unspecified atom stereocenters. The Morgan fingerprint density at radius 1 is 1.21 bits per heavy atom. The summed E-state index contributed by atoms with van der Waals surface area (Å²) in [5.41, 5.74) is 1.45. The third kappa shape index (κ3) is 3.30. The first-order valence-electron chi connectivity index (χ1n) is 5.98. The molecule has 0 spiro atoms. The lowest BCUT2D eigenvalue weighted by Crippen LogP contribution is -2.04. The maximum atomic E-state index is 10.5. The zero-order valence-corrected chi connectivity index (χ0v) is 12.8. The zero-order valence-electron chi connectivity index (χ0n) is 10.4. The molecule has 0 bridgehead atoms. The summed E-state index contributed by atoms with van der Waals surface area (Å²) in [7, 11) is 0. The number of aliphatic hydroxyl groups is 1. The Balaban J connectivity index is 2.43. The minimum absolute atomic E-state index is 0.556. The minimum Gasteiger partial charge on any atom is -0.493 e. The largest absolute Gasteiger partial charge is 0.493 e. The van der Waals surface area contributed by atoms with Crippen LogP contribution in [0, 0.1) is 0 Å². The minimum atomic E-state index is -0.782. The van der Waals surface area contributed by atoms with Gasteiger partial charge in [-0.05, 0) is 31.2 Å². The molecule has 0 aliphatic carbocycles. The molecule has 2 nitrogen and oxygen atoms in total. The molecule has 0 aliphatic heterocycles. The van der Waals surface area contributed by atoms with Gasteiger partial charge in [-0.2, -0.15) is 0 Å². The molecule has 1 N–H and O–H groups in total. The molecule has 0 radical (unpaired) electrons. The average Bonchev–Trinajstić information content (AvgIpc) is 2.42. The number of halogens is 2. The Bertz CT molecular complexity index is 572. The Hall–Kier alpha value is -1.03. The van der Waals surface area contributed by atoms with Gasteiger partial charge in [-0.25, -0.2) is 0 Å². The Labute approximate surface area is 126 Å². The molecule has 0 heterocycles. The van der Waals surface area contributed by atoms with Gasteiger partial charge in [0.2, 0.25) is 0 Å². The van der Waals surface area contributed by atoms with Crippen molar-refractivity contribution in [1.29, 1.82) is 0 Å². The molecule has 2 rings (SSSR count). The molecular formula is C15H14BrClO2. The molecule has 0 saturated heterocycles. The van der Waals surface area contributed by atoms with Gasteiger partial charge in [-0.1, -0.05) is 45.7 Å². The fourth-order valence-electron chi connectivity index (χ4n) is 1.89. The fraction of sp³-hybridized carbons (Fsp3) is 0.200. The lowest BCUT2D eigenvalue weighted by atomic mass is 10.0. The molecule has 2 aromatic carbocycles. The fourth-order valence-corrected chi connectivity index (χ4v) is 2.53. The van der Waals surface area contributed by atoms with E-state index in [-0.39, 0.29) is 0 Å². The van der Waals surface area contributed by atoms with Crippen LogP contribution in [0.4, 0.5) is 0 Å². The number of hydrogen-bond acceptors (Lipinski definition) is 2. The Kier molecular flexibility index (Phi) is 4.86. The summed E-state index contributed by atoms with van der Waals surface area (Å²) in [5.74, 6) is 0.685. The highest BCUT2D eigenvalue weighted by Crippen LogP contribution is 2.34. The van der Waals surface area contributed by atoms with Crippen molar-refractivity contribution >= 4 is 27.5 Å². The molecule has 1 atom stereocenters. The summed E-state index contributed by atoms with van der Waals surface area (Å²) < 4.78 is 6.36. The number of rotatable bonds is 4. The van der Waals surface area contributed by atoms with Crippen LogP contribution in [-0.4, -0.2) is 11.7 Å². The second-order valence-electron chi connectivity index (χ2n) is 4.04. The van der Waals surface area contributed by atoms with Crippen LogP contribution < -0.4 is 4.74 Å². The average molecular weight is 342 g/mol. The zero-order chi connectivity index (χ0) is 13.8. The highest BCUT2D eigenvalue weighted by Gasteiger charge is 2.18. The van der Waals surface area contributed by atoms with Crippen molar-refractivity contribution in [2.75, 3.05) is 6.61 Å². The smallest absolute Gasteiger partial charge is 0.125 e. The molecule has 0 aromatic heterocycles. The third-order valence-corrected chi connectivity index (χ3v) is 3.72.